The molecule has 0 aliphatic carbocycles. The number of aliphatic carboxylic acids is 2. The van der Waals surface area contributed by atoms with E-state index in [1.165, 1.54) is 51.4 Å². The van der Waals surface area contributed by atoms with Crippen LogP contribution >= 0.6 is 11.8 Å². The molecule has 135 heavy (non-hydrogen) atoms. The van der Waals surface area contributed by atoms with Crippen LogP contribution < -0.4 is 59.3 Å². The molecule has 0 spiro atoms. The Bertz CT molecular complexity index is 5260. The summed E-state index contributed by atoms with van der Waals surface area (Å²) in [6.07, 6.45) is -6.76. The molecule has 6 aromatic rings. The van der Waals surface area contributed by atoms with Gasteiger partial charge in [0.05, 0.1) is 37.3 Å². The van der Waals surface area contributed by atoms with E-state index in [-0.39, 0.29) is 57.2 Å². The Morgan fingerprint density at radius 3 is 1.58 bits per heavy atom. The number of nitrogens with one attached hydrogen (secondary N) is 10. The van der Waals surface area contributed by atoms with Gasteiger partial charge in [-0.3, -0.25) is 81.5 Å². The number of unbranched alkanes of at least 4 members (excludes halogenated alkanes) is 2. The van der Waals surface area contributed by atoms with Crippen molar-refractivity contribution in [2.45, 2.75) is 208 Å². The van der Waals surface area contributed by atoms with Crippen molar-refractivity contribution in [2.75, 3.05) is 58.8 Å². The Labute approximate surface area is 779 Å². The molecule has 0 bridgehead atoms. The molecule has 4 heterocycles. The van der Waals surface area contributed by atoms with Crippen molar-refractivity contribution >= 4 is 123 Å². The van der Waals surface area contributed by atoms with E-state index >= 15 is 56.7 Å². The number of primary amides is 1. The lowest BCUT2D eigenvalue weighted by atomic mass is 9.98. The second kappa shape index (κ2) is 49.4. The molecule has 15 amide bonds. The van der Waals surface area contributed by atoms with Crippen LogP contribution in [0, 0.1) is 23.4 Å². The quantitative estimate of drug-likeness (QED) is 0.0250. The smallest absolute Gasteiger partial charge is 0.305 e. The van der Waals surface area contributed by atoms with E-state index in [4.69, 9.17) is 11.5 Å². The highest BCUT2D eigenvalue weighted by atomic mass is 32.2. The number of rotatable bonds is 25. The number of phenols is 1. The lowest BCUT2D eigenvalue weighted by Crippen LogP contribution is -2.62. The van der Waals surface area contributed by atoms with Crippen LogP contribution in [-0.2, 0) is 114 Å². The predicted molar refractivity (Wildman–Crippen MR) is 483 cm³/mol. The number of hydrogen-bond acceptors (Lipinski definition) is 22. The third-order valence-electron chi connectivity index (χ3n) is 23.7. The third-order valence-corrected chi connectivity index (χ3v) is 24.7. The fraction of sp³-hybridized carbons (Fsp3) is 0.467. The minimum Gasteiger partial charge on any atom is -0.508 e. The van der Waals surface area contributed by atoms with Gasteiger partial charge in [0.25, 0.3) is 0 Å². The number of carboxylic acids is 2. The summed E-state index contributed by atoms with van der Waals surface area (Å²) in [5, 5.41) is 77.2. The van der Waals surface area contributed by atoms with Gasteiger partial charge in [0.15, 0.2) is 17.5 Å². The monoisotopic (exact) mass is 1900 g/mol. The topological polar surface area (TPSA) is 584 Å². The van der Waals surface area contributed by atoms with E-state index in [9.17, 15) is 63.5 Å². The Kier molecular flexibility index (Phi) is 38.5. The predicted octanol–water partition coefficient (Wildman–Crippen LogP) is -0.640. The number of carbonyl (C=O) groups excluding carboxylic acids is 15. The molecule has 1 aromatic heterocycles. The largest absolute Gasteiger partial charge is 0.508 e. The number of aromatic amines is 1. The van der Waals surface area contributed by atoms with Gasteiger partial charge in [-0.2, -0.15) is 0 Å². The molecule has 728 valence electrons. The van der Waals surface area contributed by atoms with Crippen LogP contribution in [0.25, 0.3) is 10.9 Å². The van der Waals surface area contributed by atoms with Crippen molar-refractivity contribution in [1.29, 1.82) is 0 Å². The number of halogens is 3. The third kappa shape index (κ3) is 29.2. The fourth-order valence-corrected chi connectivity index (χ4v) is 17.2. The summed E-state index contributed by atoms with van der Waals surface area (Å²) in [6.45, 7) is 2.68. The molecule has 9 rings (SSSR count). The number of para-hydroxylation sites is 1. The van der Waals surface area contributed by atoms with E-state index in [0.717, 1.165) is 38.6 Å². The van der Waals surface area contributed by atoms with E-state index in [1.54, 1.807) is 91.9 Å². The van der Waals surface area contributed by atoms with Gasteiger partial charge in [0.2, 0.25) is 88.6 Å². The van der Waals surface area contributed by atoms with Crippen molar-refractivity contribution in [3.63, 3.8) is 0 Å². The summed E-state index contributed by atoms with van der Waals surface area (Å²) in [5.41, 5.74) is 13.0. The zero-order valence-electron chi connectivity index (χ0n) is 75.3. The minimum atomic E-state index is -2.11. The zero-order valence-corrected chi connectivity index (χ0v) is 76.1. The van der Waals surface area contributed by atoms with E-state index in [1.807, 2.05) is 0 Å². The highest BCUT2D eigenvalue weighted by Gasteiger charge is 2.49. The molecule has 19 N–H and O–H groups in total. The standard InChI is InChI=1S/C92H116F3N17O22S/c1-7-8-26-69-91(133)112-46-57(115)40-72(112)87(129)104-65(41-76(118)119)84(126)107-79(49(2)3)92(134)109(5)70(36-50-19-11-9-12-20-50)85(127)105-67(42-77(120)121)89(131)111-45-56(114)39-71(111)86(128)103-64(38-54-43-98-61-24-16-15-23-58(54)61)83(125)102-63(34-52-27-29-55(113)30-28-52)82(124)101-62(25-17-18-31-96)81(123)106-68(80(122)99-44-74(97)116)47-135-48-75(117)100-66(35-53-32-59(93)78(95)60(94)33-53)88(130)110(6)73(90(132)108(69)4)37-51-21-13-10-14-22-51/h9-16,19-24,27-30,32-33,43,49,56-57,62-73,79,98,113-115H,7-8,17-18,25-26,31,34-42,44-48,96H2,1-6H3,(H2,97,116)(H,99,122)(H,100,117)(H,101,124)(H,102,125)(H,103,128)(H,104,129)(H,105,127)(H,106,123)(H,107,126)(H,118,119)(H,120,121)/t56-,57-,62+,63+,64+,65+,66+,67+,68+,69+,70+,71+,72-,73+,79+/m1/s1. The van der Waals surface area contributed by atoms with E-state index in [2.05, 4.69) is 52.8 Å². The first-order valence-corrected chi connectivity index (χ1v) is 45.3. The number of carboxylic acid groups (broad SMARTS) is 2. The van der Waals surface area contributed by atoms with E-state index < -0.39 is 296 Å². The number of nitrogens with two attached hydrogens (primary N) is 2. The number of phenolic OH excluding ortho intramolecular Hbond substituents is 1. The summed E-state index contributed by atoms with van der Waals surface area (Å²) in [6, 6.07) is 6.05. The van der Waals surface area contributed by atoms with Crippen LogP contribution in [0.4, 0.5) is 13.2 Å². The van der Waals surface area contributed by atoms with Gasteiger partial charge in [-0.05, 0) is 96.3 Å². The van der Waals surface area contributed by atoms with Crippen LogP contribution in [0.2, 0.25) is 0 Å². The number of benzene rings is 5. The zero-order chi connectivity index (χ0) is 98.8. The van der Waals surface area contributed by atoms with Gasteiger partial charge in [-0.15, -0.1) is 11.8 Å². The maximum absolute atomic E-state index is 15.7. The number of thioether (sulfide) groups is 1. The SMILES string of the molecule is CCCC[C@H]1C(=O)N2C[C@H](O)C[C@@H]2C(=O)N[C@@H](CC(=O)O)C(=O)N[C@@H](C(C)C)C(=O)N(C)[C@@H](Cc2ccccc2)C(=O)N[C@@H](CC(=O)O)C(=O)N2C[C@H](O)C[C@H]2C(=O)N[C@@H](Cc2c[nH]c3ccccc23)C(=O)N[C@@H](Cc2ccc(O)cc2)C(=O)N[C@@H](CCCCN)C(=O)N[C@H](C(=O)NCC(N)=O)CSCC(=O)N[C@@H](Cc2cc(F)c(F)c(F)c2)C(=O)N(C)[C@@H](Cc2ccccc2)C(=O)N1C. The van der Waals surface area contributed by atoms with Gasteiger partial charge < -0.3 is 114 Å². The molecule has 3 fully saturated rings. The van der Waals surface area contributed by atoms with Crippen LogP contribution in [0.3, 0.4) is 0 Å². The second-order valence-electron chi connectivity index (χ2n) is 34.1. The summed E-state index contributed by atoms with van der Waals surface area (Å²) in [7, 11) is 3.50. The minimum absolute atomic E-state index is 0.0657. The van der Waals surface area contributed by atoms with Crippen LogP contribution in [0.1, 0.15) is 113 Å². The number of aliphatic hydroxyl groups is 2. The molecule has 5 aromatic carbocycles. The number of amides is 15. The Hall–Kier alpha value is -13.6. The van der Waals surface area contributed by atoms with Crippen LogP contribution in [0.5, 0.6) is 5.75 Å². The van der Waals surface area contributed by atoms with Gasteiger partial charge in [0.1, 0.15) is 84.3 Å². The number of aliphatic hydroxyl groups excluding tert-OH is 2. The highest BCUT2D eigenvalue weighted by Crippen LogP contribution is 2.29. The Morgan fingerprint density at radius 2 is 1.00 bits per heavy atom. The molecule has 43 heteroatoms. The molecule has 0 unspecified atom stereocenters. The van der Waals surface area contributed by atoms with E-state index in [0.29, 0.717) is 63.5 Å². The second-order valence-corrected chi connectivity index (χ2v) is 35.1. The maximum atomic E-state index is 15.7. The Morgan fingerprint density at radius 1 is 0.504 bits per heavy atom. The normalized spacial score (nSPS) is 24.5. The number of likely N-dealkylation sites (N-methyl/N-ethyl adjacent to an activating group) is 3. The first kappa shape index (κ1) is 105. The van der Waals surface area contributed by atoms with Crippen molar-refractivity contribution in [2.24, 2.45) is 17.4 Å². The summed E-state index contributed by atoms with van der Waals surface area (Å²) in [4.78, 5) is 258. The molecular weight excluding hydrogens is 1780 g/mol. The average Bonchev–Trinajstić information content (AvgIpc) is 1.74. The number of aromatic hydroxyl groups is 1. The van der Waals surface area contributed by atoms with Crippen LogP contribution in [-0.4, -0.2) is 305 Å². The highest BCUT2D eigenvalue weighted by molar-refractivity contribution is 8.00. The Balaban J connectivity index is 1.15. The number of H-pyrrole nitrogens is 1. The number of hydrogen-bond donors (Lipinski definition) is 17. The van der Waals surface area contributed by atoms with Crippen molar-refractivity contribution in [3.8, 4) is 5.75 Å². The van der Waals surface area contributed by atoms with Gasteiger partial charge in [-0.25, -0.2) is 13.2 Å². The molecule has 0 saturated carbocycles. The summed E-state index contributed by atoms with van der Waals surface area (Å²) >= 11 is 0.628. The lowest BCUT2D eigenvalue weighted by Gasteiger charge is -2.38. The van der Waals surface area contributed by atoms with Crippen LogP contribution in [0.15, 0.2) is 128 Å². The molecule has 15 atom stereocenters. The van der Waals surface area contributed by atoms with Crippen molar-refractivity contribution < 1.29 is 120 Å². The summed E-state index contributed by atoms with van der Waals surface area (Å²) in [5.74, 6) is -27.8. The maximum Gasteiger partial charge on any atom is 0.305 e. The first-order chi connectivity index (χ1) is 64.1. The van der Waals surface area contributed by atoms with Gasteiger partial charge in [-0.1, -0.05) is 125 Å². The first-order valence-electron chi connectivity index (χ1n) is 44.2. The van der Waals surface area contributed by atoms with Gasteiger partial charge >= 0.3 is 11.9 Å². The molecular formula is C92H116F3N17O22S. The lowest BCUT2D eigenvalue weighted by molar-refractivity contribution is -0.152. The molecule has 39 nitrogen and oxygen atoms in total. The average molecular weight is 1900 g/mol. The van der Waals surface area contributed by atoms with Gasteiger partial charge in [0, 0.05) is 102 Å². The number of nitrogens with zero attached hydrogens (tertiary/aromatic N) is 5. The molecule has 3 saturated heterocycles. The molecule has 3 aliphatic heterocycles. The molecule has 3 aliphatic rings. The number of fused-ring (bicyclic) bond motifs is 3. The summed E-state index contributed by atoms with van der Waals surface area (Å²) < 4.78 is 45.1. The number of carbonyl (C=O) groups is 17. The fourth-order valence-electron chi connectivity index (χ4n) is 16.4. The molecule has 0 radical (unpaired) electrons. The van der Waals surface area contributed by atoms with Crippen molar-refractivity contribution in [1.82, 2.24) is 77.3 Å². The van der Waals surface area contributed by atoms with Crippen molar-refractivity contribution in [3.05, 3.63) is 173 Å². The number of aromatic nitrogens is 1.